The maximum absolute atomic E-state index is 13.9. The number of hydrogen-bond acceptors (Lipinski definition) is 4. The Hall–Kier alpha value is -2.19. The van der Waals surface area contributed by atoms with Gasteiger partial charge in [-0.1, -0.05) is 12.1 Å². The number of aryl methyl sites for hydroxylation is 1. The highest BCUT2D eigenvalue weighted by atomic mass is 32.2. The quantitative estimate of drug-likeness (QED) is 0.845. The molecule has 2 aromatic rings. The molecule has 2 heterocycles. The Morgan fingerprint density at radius 1 is 1.22 bits per heavy atom. The van der Waals surface area contributed by atoms with Gasteiger partial charge in [0.05, 0.1) is 6.04 Å². The topological polar surface area (TPSA) is 79.6 Å². The molecule has 1 saturated heterocycles. The minimum absolute atomic E-state index is 0.125. The molecule has 0 aliphatic carbocycles. The molecule has 1 aliphatic rings. The van der Waals surface area contributed by atoms with E-state index in [1.54, 1.807) is 0 Å². The van der Waals surface area contributed by atoms with Gasteiger partial charge in [-0.15, -0.1) is 0 Å². The van der Waals surface area contributed by atoms with E-state index in [0.717, 1.165) is 11.8 Å². The second-order valence-electron chi connectivity index (χ2n) is 6.79. The average Bonchev–Trinajstić information content (AvgIpc) is 3.08. The van der Waals surface area contributed by atoms with E-state index in [9.17, 15) is 17.6 Å². The normalized spacial score (nSPS) is 17.6. The molecule has 0 saturated carbocycles. The van der Waals surface area contributed by atoms with Crippen LogP contribution in [0.3, 0.4) is 0 Å². The molecule has 1 aliphatic heterocycles. The van der Waals surface area contributed by atoms with Gasteiger partial charge in [-0.05, 0) is 51.0 Å². The maximum Gasteiger partial charge on any atom is 0.245 e. The van der Waals surface area contributed by atoms with Crippen LogP contribution in [0.1, 0.15) is 37.3 Å². The minimum atomic E-state index is -3.89. The number of carbonyl (C=O) groups excluding carboxylic acids is 1. The molecule has 0 spiro atoms. The van der Waals surface area contributed by atoms with Gasteiger partial charge < -0.3 is 9.73 Å². The van der Waals surface area contributed by atoms with E-state index in [-0.39, 0.29) is 35.9 Å². The van der Waals surface area contributed by atoms with Gasteiger partial charge in [-0.2, -0.15) is 4.31 Å². The lowest BCUT2D eigenvalue weighted by atomic mass is 9.97. The first-order valence-electron chi connectivity index (χ1n) is 8.90. The lowest BCUT2D eigenvalue weighted by Gasteiger charge is -2.31. The molecule has 3 rings (SSSR count). The summed E-state index contributed by atoms with van der Waals surface area (Å²) >= 11 is 0. The van der Waals surface area contributed by atoms with Crippen molar-refractivity contribution in [1.29, 1.82) is 0 Å². The van der Waals surface area contributed by atoms with Crippen LogP contribution >= 0.6 is 0 Å². The summed E-state index contributed by atoms with van der Waals surface area (Å²) < 4.78 is 45.9. The third-order valence-corrected chi connectivity index (χ3v) is 6.76. The van der Waals surface area contributed by atoms with E-state index < -0.39 is 15.8 Å². The number of hydrogen-bond donors (Lipinski definition) is 1. The number of nitrogens with zero attached hydrogens (tertiary/aromatic N) is 1. The second-order valence-corrected chi connectivity index (χ2v) is 8.69. The monoisotopic (exact) mass is 394 g/mol. The number of carbonyl (C=O) groups is 1. The fourth-order valence-electron chi connectivity index (χ4n) is 3.24. The average molecular weight is 394 g/mol. The van der Waals surface area contributed by atoms with E-state index in [1.165, 1.54) is 22.5 Å². The highest BCUT2D eigenvalue weighted by Crippen LogP contribution is 2.26. The molecule has 0 radical (unpaired) electrons. The van der Waals surface area contributed by atoms with Crippen LogP contribution in [0.5, 0.6) is 0 Å². The van der Waals surface area contributed by atoms with Crippen molar-refractivity contribution in [3.8, 4) is 0 Å². The fraction of sp³-hybridized carbons (Fsp3) is 0.421. The zero-order valence-electron chi connectivity index (χ0n) is 15.3. The molecule has 1 fully saturated rings. The van der Waals surface area contributed by atoms with Gasteiger partial charge in [0.25, 0.3) is 0 Å². The van der Waals surface area contributed by atoms with Crippen molar-refractivity contribution in [2.75, 3.05) is 13.1 Å². The Kier molecular flexibility index (Phi) is 5.67. The summed E-state index contributed by atoms with van der Waals surface area (Å²) in [6.07, 6.45) is 0.785. The van der Waals surface area contributed by atoms with Crippen molar-refractivity contribution >= 4 is 15.9 Å². The van der Waals surface area contributed by atoms with E-state index in [1.807, 2.05) is 26.0 Å². The molecule has 1 amide bonds. The van der Waals surface area contributed by atoms with Crippen molar-refractivity contribution in [2.24, 2.45) is 5.92 Å². The number of benzene rings is 1. The molecule has 1 aromatic heterocycles. The van der Waals surface area contributed by atoms with E-state index in [4.69, 9.17) is 4.42 Å². The van der Waals surface area contributed by atoms with Crippen LogP contribution in [0.2, 0.25) is 0 Å². The fourth-order valence-corrected chi connectivity index (χ4v) is 4.77. The number of nitrogens with one attached hydrogen (secondary N) is 1. The van der Waals surface area contributed by atoms with E-state index >= 15 is 0 Å². The van der Waals surface area contributed by atoms with Gasteiger partial charge in [0.15, 0.2) is 0 Å². The summed E-state index contributed by atoms with van der Waals surface area (Å²) in [7, 11) is -3.89. The molecule has 1 aromatic carbocycles. The molecule has 27 heavy (non-hydrogen) atoms. The number of amides is 1. The Morgan fingerprint density at radius 2 is 1.89 bits per heavy atom. The van der Waals surface area contributed by atoms with Gasteiger partial charge in [0.2, 0.25) is 15.9 Å². The first kappa shape index (κ1) is 19.6. The molecule has 6 nitrogen and oxygen atoms in total. The summed E-state index contributed by atoms with van der Waals surface area (Å²) in [6, 6.07) is 8.74. The molecular weight excluding hydrogens is 371 g/mol. The lowest BCUT2D eigenvalue weighted by molar-refractivity contribution is -0.126. The summed E-state index contributed by atoms with van der Waals surface area (Å²) in [5.74, 6) is 0.285. The van der Waals surface area contributed by atoms with Crippen molar-refractivity contribution in [3.05, 3.63) is 53.7 Å². The van der Waals surface area contributed by atoms with Gasteiger partial charge in [0, 0.05) is 19.0 Å². The zero-order chi connectivity index (χ0) is 19.6. The smallest absolute Gasteiger partial charge is 0.245 e. The predicted octanol–water partition coefficient (Wildman–Crippen LogP) is 3.01. The molecule has 1 N–H and O–H groups in total. The van der Waals surface area contributed by atoms with Crippen LogP contribution in [0.15, 0.2) is 45.7 Å². The molecule has 1 atom stereocenters. The highest BCUT2D eigenvalue weighted by Gasteiger charge is 2.33. The zero-order valence-corrected chi connectivity index (χ0v) is 16.1. The van der Waals surface area contributed by atoms with Crippen LogP contribution in [-0.2, 0) is 14.8 Å². The van der Waals surface area contributed by atoms with Gasteiger partial charge in [-0.3, -0.25) is 4.79 Å². The van der Waals surface area contributed by atoms with Crippen LogP contribution in [-0.4, -0.2) is 31.7 Å². The largest absolute Gasteiger partial charge is 0.464 e. The molecular formula is C19H23FN2O4S. The number of halogens is 1. The Labute approximate surface area is 158 Å². The van der Waals surface area contributed by atoms with Gasteiger partial charge in [0.1, 0.15) is 22.2 Å². The molecule has 8 heteroatoms. The third kappa shape index (κ3) is 4.22. The number of rotatable bonds is 5. The van der Waals surface area contributed by atoms with Crippen LogP contribution < -0.4 is 5.32 Å². The van der Waals surface area contributed by atoms with Crippen LogP contribution in [0.25, 0.3) is 0 Å². The Morgan fingerprint density at radius 3 is 2.48 bits per heavy atom. The van der Waals surface area contributed by atoms with Crippen molar-refractivity contribution in [3.63, 3.8) is 0 Å². The van der Waals surface area contributed by atoms with Gasteiger partial charge >= 0.3 is 0 Å². The second kappa shape index (κ2) is 7.82. The van der Waals surface area contributed by atoms with E-state index in [2.05, 4.69) is 5.32 Å². The third-order valence-electron chi connectivity index (χ3n) is 4.83. The number of piperidine rings is 1. The predicted molar refractivity (Wildman–Crippen MR) is 97.9 cm³/mol. The lowest BCUT2D eigenvalue weighted by Crippen LogP contribution is -2.43. The van der Waals surface area contributed by atoms with Crippen molar-refractivity contribution < 1.29 is 22.0 Å². The summed E-state index contributed by atoms with van der Waals surface area (Å²) in [4.78, 5) is 12.2. The molecule has 1 unspecified atom stereocenters. The Balaban J connectivity index is 1.60. The summed E-state index contributed by atoms with van der Waals surface area (Å²) in [5, 5.41) is 2.91. The van der Waals surface area contributed by atoms with Gasteiger partial charge in [-0.25, -0.2) is 12.8 Å². The van der Waals surface area contributed by atoms with E-state index in [0.29, 0.717) is 18.6 Å². The summed E-state index contributed by atoms with van der Waals surface area (Å²) in [5.41, 5.74) is 0. The Bertz CT molecular complexity index is 917. The van der Waals surface area contributed by atoms with Crippen molar-refractivity contribution in [1.82, 2.24) is 9.62 Å². The first-order valence-corrected chi connectivity index (χ1v) is 10.3. The molecule has 0 bridgehead atoms. The first-order chi connectivity index (χ1) is 12.8. The van der Waals surface area contributed by atoms with Crippen LogP contribution in [0, 0.1) is 18.7 Å². The van der Waals surface area contributed by atoms with Crippen molar-refractivity contribution in [2.45, 2.75) is 37.6 Å². The summed E-state index contributed by atoms with van der Waals surface area (Å²) in [6.45, 7) is 4.05. The minimum Gasteiger partial charge on any atom is -0.464 e. The highest BCUT2D eigenvalue weighted by molar-refractivity contribution is 7.89. The van der Waals surface area contributed by atoms with Crippen LogP contribution in [0.4, 0.5) is 4.39 Å². The molecule has 146 valence electrons. The number of sulfonamides is 1. The standard InChI is InChI=1S/C19H23FN2O4S/c1-13-7-8-17(26-13)14(2)21-19(23)15-9-11-22(12-10-15)27(24,25)18-6-4-3-5-16(18)20/h3-8,14-15H,9-12H2,1-2H3,(H,21,23). The number of furan rings is 1. The SMILES string of the molecule is Cc1ccc(C(C)NC(=O)C2CCN(S(=O)(=O)c3ccccc3F)CC2)o1. The maximum atomic E-state index is 13.9.